The molecule has 4 rings (SSSR count). The number of benzene rings is 2. The molecule has 10 heteroatoms. The molecule has 0 spiro atoms. The number of hydrogen-bond donors (Lipinski definition) is 2. The van der Waals surface area contributed by atoms with Crippen LogP contribution in [0.2, 0.25) is 0 Å². The Hall–Kier alpha value is -3.63. The lowest BCUT2D eigenvalue weighted by Crippen LogP contribution is -2.32. The van der Waals surface area contributed by atoms with E-state index in [0.29, 0.717) is 29.7 Å². The lowest BCUT2D eigenvalue weighted by molar-refractivity contribution is -0.122. The molecule has 0 aliphatic heterocycles. The summed E-state index contributed by atoms with van der Waals surface area (Å²) in [4.78, 5) is 21.1. The Balaban J connectivity index is 1.55. The fourth-order valence-corrected chi connectivity index (χ4v) is 3.76. The number of nitrogens with zero attached hydrogens (tertiary/aromatic N) is 4. The van der Waals surface area contributed by atoms with Gasteiger partial charge in [0.25, 0.3) is 5.91 Å². The third kappa shape index (κ3) is 6.24. The van der Waals surface area contributed by atoms with Gasteiger partial charge in [0.2, 0.25) is 5.95 Å². The van der Waals surface area contributed by atoms with E-state index in [1.807, 2.05) is 50.5 Å². The molecule has 2 aromatic heterocycles. The maximum Gasteiger partial charge on any atom is 0.258 e. The van der Waals surface area contributed by atoms with E-state index in [-0.39, 0.29) is 12.5 Å². The number of carbonyl (C=O) groups is 1. The van der Waals surface area contributed by atoms with Gasteiger partial charge in [0.15, 0.2) is 6.61 Å². The van der Waals surface area contributed by atoms with Gasteiger partial charge in [-0.25, -0.2) is 9.97 Å². The summed E-state index contributed by atoms with van der Waals surface area (Å²) in [7, 11) is 1.85. The monoisotopic (exact) mass is 478 g/mol. The molecule has 1 unspecified atom stereocenters. The first-order valence-electron chi connectivity index (χ1n) is 10.7. The predicted molar refractivity (Wildman–Crippen MR) is 134 cm³/mol. The number of ether oxygens (including phenoxy) is 1. The van der Waals surface area contributed by atoms with Crippen molar-refractivity contribution in [3.8, 4) is 16.9 Å². The molecule has 0 aliphatic rings. The fraction of sp³-hybridized carbons (Fsp3) is 0.250. The van der Waals surface area contributed by atoms with Gasteiger partial charge in [0, 0.05) is 42.1 Å². The van der Waals surface area contributed by atoms with Crippen LogP contribution < -0.4 is 15.4 Å². The smallest absolute Gasteiger partial charge is 0.258 e. The number of amides is 1. The Kier molecular flexibility index (Phi) is 7.29. The third-order valence-corrected chi connectivity index (χ3v) is 5.80. The Morgan fingerprint density at radius 1 is 1.18 bits per heavy atom. The van der Waals surface area contributed by atoms with Gasteiger partial charge in [-0.1, -0.05) is 22.8 Å². The first-order valence-corrected chi connectivity index (χ1v) is 12.4. The molecule has 4 aromatic rings. The Bertz CT molecular complexity index is 1310. The van der Waals surface area contributed by atoms with Crippen molar-refractivity contribution in [3.05, 3.63) is 60.6 Å². The van der Waals surface area contributed by atoms with Gasteiger partial charge in [-0.2, -0.15) is 5.10 Å². The lowest BCUT2D eigenvalue weighted by atomic mass is 10.1. The third-order valence-electron chi connectivity index (χ3n) is 5.02. The molecular formula is C24H26N6O3S. The molecule has 0 radical (unpaired) electrons. The Labute approximate surface area is 200 Å². The number of aromatic nitrogens is 4. The van der Waals surface area contributed by atoms with Crippen LogP contribution in [0.1, 0.15) is 5.56 Å². The Morgan fingerprint density at radius 2 is 2.03 bits per heavy atom. The molecule has 0 bridgehead atoms. The largest absolute Gasteiger partial charge is 0.617 e. The van der Waals surface area contributed by atoms with E-state index < -0.39 is 11.2 Å². The number of aryl methyl sites for hydroxylation is 2. The van der Waals surface area contributed by atoms with Crippen molar-refractivity contribution in [2.75, 3.05) is 30.5 Å². The maximum atomic E-state index is 12.1. The first-order chi connectivity index (χ1) is 16.4. The standard InChI is InChI=1S/C24H26N6O3S/c1-16-4-5-22-18(8-16)12-26-24(29-22)28-20-9-17(19-13-27-30(2)14-19)10-21(11-20)33-15-23(31)25-6-7-34(3)32/h4-5,8-14H,6-7,15H2,1-3H3,(H,25,31)(H,26,28,29). The summed E-state index contributed by atoms with van der Waals surface area (Å²) in [6, 6.07) is 11.6. The second-order valence-electron chi connectivity index (χ2n) is 7.95. The molecule has 2 heterocycles. The molecule has 34 heavy (non-hydrogen) atoms. The van der Waals surface area contributed by atoms with E-state index in [9.17, 15) is 9.35 Å². The van der Waals surface area contributed by atoms with Gasteiger partial charge in [0.05, 0.1) is 24.5 Å². The summed E-state index contributed by atoms with van der Waals surface area (Å²) in [5.74, 6) is 1.09. The average Bonchev–Trinajstić information content (AvgIpc) is 3.24. The number of hydrogen-bond acceptors (Lipinski definition) is 7. The molecule has 0 aliphatic carbocycles. The predicted octanol–water partition coefficient (Wildman–Crippen LogP) is 2.96. The minimum Gasteiger partial charge on any atom is -0.617 e. The number of carbonyl (C=O) groups excluding carboxylic acids is 1. The van der Waals surface area contributed by atoms with Crippen LogP contribution in [0, 0.1) is 6.92 Å². The molecule has 0 saturated carbocycles. The van der Waals surface area contributed by atoms with E-state index in [1.165, 1.54) is 0 Å². The van der Waals surface area contributed by atoms with E-state index >= 15 is 0 Å². The SMILES string of the molecule is Cc1ccc2nc(Nc3cc(OCC(=O)NCC[S+](C)[O-])cc(-c4cnn(C)c4)c3)ncc2c1. The van der Waals surface area contributed by atoms with Gasteiger partial charge in [0.1, 0.15) is 11.5 Å². The van der Waals surface area contributed by atoms with Crippen molar-refractivity contribution in [2.45, 2.75) is 6.92 Å². The van der Waals surface area contributed by atoms with Crippen LogP contribution in [0.25, 0.3) is 22.0 Å². The summed E-state index contributed by atoms with van der Waals surface area (Å²) in [5.41, 5.74) is 4.47. The highest BCUT2D eigenvalue weighted by Crippen LogP contribution is 2.30. The summed E-state index contributed by atoms with van der Waals surface area (Å²) in [5, 5.41) is 11.2. The van der Waals surface area contributed by atoms with Crippen LogP contribution in [0.15, 0.2) is 55.0 Å². The average molecular weight is 479 g/mol. The molecular weight excluding hydrogens is 452 g/mol. The minimum absolute atomic E-state index is 0.155. The Morgan fingerprint density at radius 3 is 2.79 bits per heavy atom. The van der Waals surface area contributed by atoms with Crippen LogP contribution in [0.3, 0.4) is 0 Å². The quantitative estimate of drug-likeness (QED) is 0.355. The van der Waals surface area contributed by atoms with Crippen molar-refractivity contribution in [1.29, 1.82) is 0 Å². The normalized spacial score (nSPS) is 11.9. The molecule has 176 valence electrons. The number of fused-ring (bicyclic) bond motifs is 1. The molecule has 9 nitrogen and oxygen atoms in total. The van der Waals surface area contributed by atoms with Gasteiger partial charge in [-0.3, -0.25) is 9.48 Å². The van der Waals surface area contributed by atoms with E-state index in [0.717, 1.165) is 27.6 Å². The van der Waals surface area contributed by atoms with Crippen molar-refractivity contribution in [1.82, 2.24) is 25.1 Å². The van der Waals surface area contributed by atoms with Gasteiger partial charge < -0.3 is 19.9 Å². The van der Waals surface area contributed by atoms with Gasteiger partial charge in [-0.15, -0.1) is 0 Å². The summed E-state index contributed by atoms with van der Waals surface area (Å²) in [6.07, 6.45) is 7.04. The van der Waals surface area contributed by atoms with Crippen molar-refractivity contribution in [3.63, 3.8) is 0 Å². The highest BCUT2D eigenvalue weighted by atomic mass is 32.2. The minimum atomic E-state index is -0.961. The molecule has 2 aromatic carbocycles. The van der Waals surface area contributed by atoms with E-state index in [2.05, 4.69) is 25.7 Å². The highest BCUT2D eigenvalue weighted by molar-refractivity contribution is 7.90. The molecule has 1 amide bonds. The lowest BCUT2D eigenvalue weighted by Gasteiger charge is -2.12. The van der Waals surface area contributed by atoms with Crippen LogP contribution in [0.4, 0.5) is 11.6 Å². The van der Waals surface area contributed by atoms with Gasteiger partial charge in [-0.05, 0) is 36.8 Å². The number of anilines is 2. The summed E-state index contributed by atoms with van der Waals surface area (Å²) >= 11 is -0.961. The van der Waals surface area contributed by atoms with Gasteiger partial charge >= 0.3 is 0 Å². The zero-order valence-corrected chi connectivity index (χ0v) is 20.1. The van der Waals surface area contributed by atoms with Crippen LogP contribution in [-0.2, 0) is 23.0 Å². The molecule has 2 N–H and O–H groups in total. The first kappa shape index (κ1) is 23.5. The van der Waals surface area contributed by atoms with Crippen LogP contribution in [0.5, 0.6) is 5.75 Å². The highest BCUT2D eigenvalue weighted by Gasteiger charge is 2.10. The topological polar surface area (TPSA) is 117 Å². The van der Waals surface area contributed by atoms with Crippen LogP contribution >= 0.6 is 0 Å². The maximum absolute atomic E-state index is 12.1. The molecule has 0 saturated heterocycles. The molecule has 1 atom stereocenters. The van der Waals surface area contributed by atoms with E-state index in [4.69, 9.17) is 4.74 Å². The van der Waals surface area contributed by atoms with Crippen molar-refractivity contribution >= 4 is 39.6 Å². The van der Waals surface area contributed by atoms with E-state index in [1.54, 1.807) is 29.4 Å². The second-order valence-corrected chi connectivity index (χ2v) is 9.50. The molecule has 0 fully saturated rings. The number of nitrogens with one attached hydrogen (secondary N) is 2. The second kappa shape index (κ2) is 10.5. The zero-order chi connectivity index (χ0) is 24.1. The van der Waals surface area contributed by atoms with Crippen molar-refractivity contribution < 1.29 is 14.1 Å². The number of rotatable bonds is 9. The summed E-state index contributed by atoms with van der Waals surface area (Å²) < 4.78 is 18.6. The summed E-state index contributed by atoms with van der Waals surface area (Å²) in [6.45, 7) is 2.22. The zero-order valence-electron chi connectivity index (χ0n) is 19.2. The van der Waals surface area contributed by atoms with Crippen LogP contribution in [-0.4, -0.2) is 55.4 Å². The van der Waals surface area contributed by atoms with Crippen molar-refractivity contribution in [2.24, 2.45) is 7.05 Å². The fourth-order valence-electron chi connectivity index (χ4n) is 3.37.